The van der Waals surface area contributed by atoms with Crippen LogP contribution in [0.1, 0.15) is 16.5 Å². The molecule has 0 radical (unpaired) electrons. The third-order valence-corrected chi connectivity index (χ3v) is 5.38. The number of hydrazine groups is 1. The molecule has 1 atom stereocenters. The Morgan fingerprint density at radius 3 is 2.57 bits per heavy atom. The number of hydrogen-bond acceptors (Lipinski definition) is 3. The fourth-order valence-corrected chi connectivity index (χ4v) is 3.76. The minimum Gasteiger partial charge on any atom is -0.271 e. The average molecular weight is 337 g/mol. The van der Waals surface area contributed by atoms with E-state index >= 15 is 0 Å². The Morgan fingerprint density at radius 2 is 1.86 bits per heavy atom. The number of halogens is 2. The van der Waals surface area contributed by atoms with Crippen LogP contribution in [0.15, 0.2) is 48.5 Å². The number of rotatable bonds is 4. The van der Waals surface area contributed by atoms with Crippen LogP contribution in [0, 0.1) is 0 Å². The lowest BCUT2D eigenvalue weighted by Gasteiger charge is -2.14. The molecule has 0 aliphatic rings. The van der Waals surface area contributed by atoms with E-state index in [1.807, 2.05) is 30.3 Å². The zero-order valence-corrected chi connectivity index (χ0v) is 13.5. The summed E-state index contributed by atoms with van der Waals surface area (Å²) in [6.45, 7) is 0. The summed E-state index contributed by atoms with van der Waals surface area (Å²) in [5, 5.41) is 2.38. The lowest BCUT2D eigenvalue weighted by molar-refractivity contribution is 0.561. The first-order valence-corrected chi connectivity index (χ1v) is 8.13. The van der Waals surface area contributed by atoms with Gasteiger partial charge in [0.05, 0.1) is 16.1 Å². The summed E-state index contributed by atoms with van der Waals surface area (Å²) >= 11 is 13.8. The van der Waals surface area contributed by atoms with Crippen LogP contribution in [-0.2, 0) is 6.42 Å². The molecule has 0 aliphatic carbocycles. The summed E-state index contributed by atoms with van der Waals surface area (Å²) in [6.07, 6.45) is 0.764. The predicted molar refractivity (Wildman–Crippen MR) is 92.1 cm³/mol. The molecule has 2 nitrogen and oxygen atoms in total. The first kappa shape index (κ1) is 14.8. The molecule has 21 heavy (non-hydrogen) atoms. The van der Waals surface area contributed by atoms with Gasteiger partial charge in [0.25, 0.3) is 0 Å². The second-order valence-corrected chi connectivity index (χ2v) is 6.79. The van der Waals surface area contributed by atoms with Crippen molar-refractivity contribution in [1.82, 2.24) is 5.43 Å². The van der Waals surface area contributed by atoms with Crippen molar-refractivity contribution in [3.63, 3.8) is 0 Å². The van der Waals surface area contributed by atoms with Crippen LogP contribution in [0.2, 0.25) is 10.0 Å². The molecule has 5 heteroatoms. The second kappa shape index (κ2) is 6.34. The molecule has 1 unspecified atom stereocenters. The summed E-state index contributed by atoms with van der Waals surface area (Å²) in [6, 6.07) is 16.3. The zero-order valence-electron chi connectivity index (χ0n) is 11.1. The Kier molecular flexibility index (Phi) is 4.48. The fraction of sp³-hybridized carbons (Fsp3) is 0.125. The summed E-state index contributed by atoms with van der Waals surface area (Å²) in [5.41, 5.74) is 4.00. The van der Waals surface area contributed by atoms with E-state index in [2.05, 4.69) is 23.6 Å². The van der Waals surface area contributed by atoms with Crippen LogP contribution in [0.3, 0.4) is 0 Å². The minimum atomic E-state index is 0.0552. The van der Waals surface area contributed by atoms with Crippen LogP contribution < -0.4 is 11.3 Å². The molecule has 108 valence electrons. The number of fused-ring (bicyclic) bond motifs is 1. The summed E-state index contributed by atoms with van der Waals surface area (Å²) in [7, 11) is 0. The zero-order chi connectivity index (χ0) is 14.8. The maximum absolute atomic E-state index is 6.07. The van der Waals surface area contributed by atoms with Gasteiger partial charge in [-0.1, -0.05) is 47.5 Å². The maximum atomic E-state index is 6.07. The first-order chi connectivity index (χ1) is 10.2. The highest BCUT2D eigenvalue weighted by Gasteiger charge is 2.14. The van der Waals surface area contributed by atoms with Crippen molar-refractivity contribution in [2.45, 2.75) is 12.5 Å². The summed E-state index contributed by atoms with van der Waals surface area (Å²) in [5.74, 6) is 5.74. The van der Waals surface area contributed by atoms with Crippen molar-refractivity contribution in [3.05, 3.63) is 69.0 Å². The van der Waals surface area contributed by atoms with E-state index in [1.54, 1.807) is 11.3 Å². The normalized spacial score (nSPS) is 12.7. The molecule has 1 heterocycles. The van der Waals surface area contributed by atoms with Gasteiger partial charge < -0.3 is 0 Å². The van der Waals surface area contributed by atoms with Gasteiger partial charge in [-0.15, -0.1) is 11.3 Å². The van der Waals surface area contributed by atoms with Gasteiger partial charge in [-0.25, -0.2) is 0 Å². The van der Waals surface area contributed by atoms with Crippen LogP contribution in [0.5, 0.6) is 0 Å². The van der Waals surface area contributed by atoms with Gasteiger partial charge in [-0.05, 0) is 41.6 Å². The van der Waals surface area contributed by atoms with Gasteiger partial charge in [0.15, 0.2) is 0 Å². The molecule has 0 aliphatic heterocycles. The van der Waals surface area contributed by atoms with Crippen LogP contribution in [0.4, 0.5) is 0 Å². The first-order valence-electron chi connectivity index (χ1n) is 6.56. The Hall–Kier alpha value is -1.10. The quantitative estimate of drug-likeness (QED) is 0.522. The highest BCUT2D eigenvalue weighted by molar-refractivity contribution is 7.19. The third-order valence-electron chi connectivity index (χ3n) is 3.41. The van der Waals surface area contributed by atoms with Crippen molar-refractivity contribution in [2.24, 2.45) is 5.84 Å². The molecule has 0 fully saturated rings. The molecule has 3 rings (SSSR count). The molecule has 0 saturated carbocycles. The van der Waals surface area contributed by atoms with E-state index in [9.17, 15) is 0 Å². The Bertz CT molecular complexity index is 737. The van der Waals surface area contributed by atoms with Crippen molar-refractivity contribution in [1.29, 1.82) is 0 Å². The molecule has 3 N–H and O–H groups in total. The van der Waals surface area contributed by atoms with Crippen molar-refractivity contribution in [3.8, 4) is 0 Å². The second-order valence-electron chi connectivity index (χ2n) is 4.86. The molecular weight excluding hydrogens is 323 g/mol. The van der Waals surface area contributed by atoms with Gasteiger partial charge in [0.2, 0.25) is 0 Å². The van der Waals surface area contributed by atoms with Crippen molar-refractivity contribution >= 4 is 44.6 Å². The van der Waals surface area contributed by atoms with E-state index in [0.29, 0.717) is 10.0 Å². The Morgan fingerprint density at radius 1 is 1.05 bits per heavy atom. The lowest BCUT2D eigenvalue weighted by Crippen LogP contribution is -2.28. The van der Waals surface area contributed by atoms with Gasteiger partial charge >= 0.3 is 0 Å². The van der Waals surface area contributed by atoms with E-state index in [0.717, 1.165) is 12.0 Å². The molecule has 2 aromatic carbocycles. The van der Waals surface area contributed by atoms with E-state index in [-0.39, 0.29) is 6.04 Å². The molecule has 0 amide bonds. The Balaban J connectivity index is 1.88. The average Bonchev–Trinajstić information content (AvgIpc) is 2.92. The topological polar surface area (TPSA) is 38.0 Å². The summed E-state index contributed by atoms with van der Waals surface area (Å²) in [4.78, 5) is 1.21. The number of thiophene rings is 1. The van der Waals surface area contributed by atoms with Gasteiger partial charge in [0, 0.05) is 9.58 Å². The number of nitrogens with one attached hydrogen (secondary N) is 1. The van der Waals surface area contributed by atoms with E-state index in [1.165, 1.54) is 15.0 Å². The third kappa shape index (κ3) is 3.23. The number of nitrogens with two attached hydrogens (primary N) is 1. The molecule has 0 spiro atoms. The van der Waals surface area contributed by atoms with Gasteiger partial charge in [0.1, 0.15) is 0 Å². The molecular formula is C16H14Cl2N2S. The van der Waals surface area contributed by atoms with E-state index < -0.39 is 0 Å². The maximum Gasteiger partial charge on any atom is 0.0595 e. The standard InChI is InChI=1S/C16H14Cl2N2S/c17-12-6-5-10(7-13(12)18)8-14(20-19)16-9-11-3-1-2-4-15(11)21-16/h1-7,9,14,20H,8,19H2. The van der Waals surface area contributed by atoms with Crippen molar-refractivity contribution in [2.75, 3.05) is 0 Å². The predicted octanol–water partition coefficient (Wildman–Crippen LogP) is 4.96. The smallest absolute Gasteiger partial charge is 0.0595 e. The van der Waals surface area contributed by atoms with Gasteiger partial charge in [-0.3, -0.25) is 11.3 Å². The highest BCUT2D eigenvalue weighted by atomic mass is 35.5. The molecule has 0 saturated heterocycles. The highest BCUT2D eigenvalue weighted by Crippen LogP contribution is 2.32. The number of hydrogen-bond donors (Lipinski definition) is 2. The number of benzene rings is 2. The fourth-order valence-electron chi connectivity index (χ4n) is 2.32. The van der Waals surface area contributed by atoms with Crippen molar-refractivity contribution < 1.29 is 0 Å². The van der Waals surface area contributed by atoms with Crippen LogP contribution in [-0.4, -0.2) is 0 Å². The largest absolute Gasteiger partial charge is 0.271 e. The summed E-state index contributed by atoms with van der Waals surface area (Å²) < 4.78 is 1.27. The van der Waals surface area contributed by atoms with Crippen LogP contribution in [0.25, 0.3) is 10.1 Å². The molecule has 3 aromatic rings. The SMILES string of the molecule is NNC(Cc1ccc(Cl)c(Cl)c1)c1cc2ccccc2s1. The van der Waals surface area contributed by atoms with Gasteiger partial charge in [-0.2, -0.15) is 0 Å². The van der Waals surface area contributed by atoms with Crippen LogP contribution >= 0.6 is 34.5 Å². The monoisotopic (exact) mass is 336 g/mol. The van der Waals surface area contributed by atoms with E-state index in [4.69, 9.17) is 29.0 Å². The Labute approximate surface area is 137 Å². The lowest BCUT2D eigenvalue weighted by atomic mass is 10.0. The molecule has 1 aromatic heterocycles. The molecule has 0 bridgehead atoms. The minimum absolute atomic E-state index is 0.0552.